The van der Waals surface area contributed by atoms with E-state index in [1.54, 1.807) is 0 Å². The smallest absolute Gasteiger partial charge is 0.337 e. The molecule has 0 radical (unpaired) electrons. The van der Waals surface area contributed by atoms with Crippen LogP contribution in [0.2, 0.25) is 0 Å². The number of hydrogen-bond donors (Lipinski definition) is 3. The second-order valence-corrected chi connectivity index (χ2v) is 6.45. The van der Waals surface area contributed by atoms with Gasteiger partial charge in [0.2, 0.25) is 10.0 Å². The number of rotatable bonds is 7. The summed E-state index contributed by atoms with van der Waals surface area (Å²) < 4.78 is 31.3. The van der Waals surface area contributed by atoms with Crippen molar-refractivity contribution in [3.05, 3.63) is 23.8 Å². The van der Waals surface area contributed by atoms with Crippen molar-refractivity contribution in [2.45, 2.75) is 18.2 Å². The minimum atomic E-state index is -3.76. The number of methoxy groups -OCH3 is 1. The lowest BCUT2D eigenvalue weighted by atomic mass is 10.1. The first kappa shape index (κ1) is 17.4. The first-order valence-corrected chi connectivity index (χ1v) is 7.88. The summed E-state index contributed by atoms with van der Waals surface area (Å²) in [5.41, 5.74) is 5.85. The van der Waals surface area contributed by atoms with E-state index >= 15 is 0 Å². The molecule has 21 heavy (non-hydrogen) atoms. The van der Waals surface area contributed by atoms with E-state index in [0.717, 1.165) is 0 Å². The average Bonchev–Trinajstić information content (AvgIpc) is 2.44. The fraction of sp³-hybridized carbons (Fsp3) is 0.462. The highest BCUT2D eigenvalue weighted by atomic mass is 32.2. The van der Waals surface area contributed by atoms with Gasteiger partial charge in [-0.1, -0.05) is 6.92 Å². The quantitative estimate of drug-likeness (QED) is 0.493. The van der Waals surface area contributed by atoms with Gasteiger partial charge < -0.3 is 15.6 Å². The molecule has 0 saturated carbocycles. The lowest BCUT2D eigenvalue weighted by Crippen LogP contribution is -2.29. The molecular formula is C13H20N2O5S. The summed E-state index contributed by atoms with van der Waals surface area (Å²) in [4.78, 5) is 11.3. The largest absolute Gasteiger partial charge is 0.465 e. The number of ether oxygens (including phenoxy) is 1. The van der Waals surface area contributed by atoms with Gasteiger partial charge in [0.25, 0.3) is 0 Å². The van der Waals surface area contributed by atoms with Crippen LogP contribution in [0.1, 0.15) is 23.7 Å². The number of aliphatic hydroxyl groups is 1. The Labute approximate surface area is 124 Å². The van der Waals surface area contributed by atoms with Gasteiger partial charge in [-0.2, -0.15) is 0 Å². The van der Waals surface area contributed by atoms with Crippen molar-refractivity contribution < 1.29 is 23.1 Å². The molecule has 118 valence electrons. The van der Waals surface area contributed by atoms with Crippen LogP contribution in [0.5, 0.6) is 0 Å². The Hall–Kier alpha value is -1.64. The Kier molecular flexibility index (Phi) is 6.13. The highest BCUT2D eigenvalue weighted by Gasteiger charge is 2.19. The van der Waals surface area contributed by atoms with E-state index in [9.17, 15) is 13.2 Å². The molecule has 0 bridgehead atoms. The first-order chi connectivity index (χ1) is 9.81. The van der Waals surface area contributed by atoms with Gasteiger partial charge in [0, 0.05) is 13.2 Å². The zero-order valence-electron chi connectivity index (χ0n) is 12.0. The molecule has 4 N–H and O–H groups in total. The Morgan fingerprint density at radius 3 is 2.67 bits per heavy atom. The number of carbonyl (C=O) groups is 1. The zero-order valence-corrected chi connectivity index (χ0v) is 12.8. The first-order valence-electron chi connectivity index (χ1n) is 6.40. The molecule has 0 aliphatic rings. The van der Waals surface area contributed by atoms with E-state index in [0.29, 0.717) is 6.42 Å². The molecule has 7 nitrogen and oxygen atoms in total. The molecule has 0 spiro atoms. The van der Waals surface area contributed by atoms with E-state index < -0.39 is 16.0 Å². The number of aliphatic hydroxyl groups excluding tert-OH is 1. The van der Waals surface area contributed by atoms with Gasteiger partial charge >= 0.3 is 5.97 Å². The molecule has 0 saturated heterocycles. The maximum Gasteiger partial charge on any atom is 0.337 e. The molecule has 0 aliphatic heterocycles. The summed E-state index contributed by atoms with van der Waals surface area (Å²) >= 11 is 0. The monoisotopic (exact) mass is 316 g/mol. The molecule has 0 fully saturated rings. The highest BCUT2D eigenvalue weighted by Crippen LogP contribution is 2.20. The summed E-state index contributed by atoms with van der Waals surface area (Å²) in [6, 6.07) is 3.87. The lowest BCUT2D eigenvalue weighted by Gasteiger charge is -2.13. The van der Waals surface area contributed by atoms with Gasteiger partial charge in [0.1, 0.15) is 4.90 Å². The van der Waals surface area contributed by atoms with E-state index in [-0.39, 0.29) is 35.2 Å². The summed E-state index contributed by atoms with van der Waals surface area (Å²) in [6.07, 6.45) is 0.499. The summed E-state index contributed by atoms with van der Waals surface area (Å²) in [5, 5.41) is 8.79. The van der Waals surface area contributed by atoms with Crippen molar-refractivity contribution in [2.24, 2.45) is 5.92 Å². The van der Waals surface area contributed by atoms with Crippen molar-refractivity contribution >= 4 is 21.7 Å². The van der Waals surface area contributed by atoms with Crippen LogP contribution in [-0.4, -0.2) is 39.8 Å². The van der Waals surface area contributed by atoms with Crippen LogP contribution < -0.4 is 10.5 Å². The predicted molar refractivity (Wildman–Crippen MR) is 78.2 cm³/mol. The number of hydrogen-bond acceptors (Lipinski definition) is 6. The van der Waals surface area contributed by atoms with E-state index in [4.69, 9.17) is 10.8 Å². The molecule has 1 rings (SSSR count). The van der Waals surface area contributed by atoms with E-state index in [1.807, 2.05) is 6.92 Å². The number of carbonyl (C=O) groups excluding carboxylic acids is 1. The minimum absolute atomic E-state index is 0.000317. The number of nitrogen functional groups attached to an aromatic ring is 1. The van der Waals surface area contributed by atoms with Crippen LogP contribution in [0.15, 0.2) is 23.1 Å². The fourth-order valence-corrected chi connectivity index (χ4v) is 2.97. The molecule has 0 heterocycles. The normalized spacial score (nSPS) is 12.9. The van der Waals surface area contributed by atoms with Crippen LogP contribution >= 0.6 is 0 Å². The van der Waals surface area contributed by atoms with Crippen molar-refractivity contribution in [2.75, 3.05) is 26.0 Å². The minimum Gasteiger partial charge on any atom is -0.465 e. The number of nitrogens with two attached hydrogens (primary N) is 1. The number of anilines is 1. The van der Waals surface area contributed by atoms with Crippen molar-refractivity contribution in [3.63, 3.8) is 0 Å². The predicted octanol–water partition coefficient (Wildman–Crippen LogP) is 0.352. The third-order valence-corrected chi connectivity index (χ3v) is 4.46. The highest BCUT2D eigenvalue weighted by molar-refractivity contribution is 7.89. The third kappa shape index (κ3) is 4.69. The molecule has 1 aromatic rings. The van der Waals surface area contributed by atoms with Crippen molar-refractivity contribution in [1.29, 1.82) is 0 Å². The van der Waals surface area contributed by atoms with Crippen molar-refractivity contribution in [3.8, 4) is 0 Å². The fourth-order valence-electron chi connectivity index (χ4n) is 1.69. The number of sulfonamides is 1. The van der Waals surface area contributed by atoms with Crippen LogP contribution in [0, 0.1) is 5.92 Å². The van der Waals surface area contributed by atoms with Gasteiger partial charge in [-0.05, 0) is 30.5 Å². The standard InChI is InChI=1S/C13H20N2O5S/c1-9(5-6-16)8-15-21(18,19)12-4-3-10(7-11(12)14)13(17)20-2/h3-4,7,9,15-16H,5-6,8,14H2,1-2H3. The molecule has 0 aliphatic carbocycles. The second-order valence-electron chi connectivity index (χ2n) is 4.71. The van der Waals surface area contributed by atoms with Crippen LogP contribution in [0.3, 0.4) is 0 Å². The van der Waals surface area contributed by atoms with Crippen LogP contribution in [0.25, 0.3) is 0 Å². The molecule has 8 heteroatoms. The molecule has 1 atom stereocenters. The summed E-state index contributed by atoms with van der Waals surface area (Å²) in [5.74, 6) is -0.587. The average molecular weight is 316 g/mol. The topological polar surface area (TPSA) is 119 Å². The van der Waals surface area contributed by atoms with E-state index in [2.05, 4.69) is 9.46 Å². The summed E-state index contributed by atoms with van der Waals surface area (Å²) in [7, 11) is -2.53. The third-order valence-electron chi connectivity index (χ3n) is 2.96. The van der Waals surface area contributed by atoms with E-state index in [1.165, 1.54) is 25.3 Å². The van der Waals surface area contributed by atoms with Gasteiger partial charge in [-0.25, -0.2) is 17.9 Å². The maximum atomic E-state index is 12.1. The zero-order chi connectivity index (χ0) is 16.0. The summed E-state index contributed by atoms with van der Waals surface area (Å²) in [6.45, 7) is 2.02. The number of esters is 1. The Bertz CT molecular complexity index is 601. The van der Waals surface area contributed by atoms with Crippen LogP contribution in [0.4, 0.5) is 5.69 Å². The molecule has 1 unspecified atom stereocenters. The number of nitrogens with one attached hydrogen (secondary N) is 1. The Morgan fingerprint density at radius 2 is 2.14 bits per heavy atom. The van der Waals surface area contributed by atoms with Gasteiger partial charge in [-0.15, -0.1) is 0 Å². The van der Waals surface area contributed by atoms with Gasteiger partial charge in [-0.3, -0.25) is 0 Å². The van der Waals surface area contributed by atoms with Crippen LogP contribution in [-0.2, 0) is 14.8 Å². The SMILES string of the molecule is COC(=O)c1ccc(S(=O)(=O)NCC(C)CCO)c(N)c1. The maximum absolute atomic E-state index is 12.1. The second kappa shape index (κ2) is 7.39. The Morgan fingerprint density at radius 1 is 1.48 bits per heavy atom. The van der Waals surface area contributed by atoms with Gasteiger partial charge in [0.05, 0.1) is 18.4 Å². The van der Waals surface area contributed by atoms with Gasteiger partial charge in [0.15, 0.2) is 0 Å². The molecule has 1 aromatic carbocycles. The Balaban J connectivity index is 2.91. The lowest BCUT2D eigenvalue weighted by molar-refractivity contribution is 0.0600. The van der Waals surface area contributed by atoms with Crippen molar-refractivity contribution in [1.82, 2.24) is 4.72 Å². The molecule has 0 aromatic heterocycles. The molecular weight excluding hydrogens is 296 g/mol. The number of benzene rings is 1. The molecule has 0 amide bonds.